The summed E-state index contributed by atoms with van der Waals surface area (Å²) in [5.74, 6) is -0.109. The van der Waals surface area contributed by atoms with E-state index in [2.05, 4.69) is 15.4 Å². The van der Waals surface area contributed by atoms with Gasteiger partial charge >= 0.3 is 0 Å². The molecule has 0 unspecified atom stereocenters. The summed E-state index contributed by atoms with van der Waals surface area (Å²) >= 11 is 0. The van der Waals surface area contributed by atoms with Crippen LogP contribution in [0, 0.1) is 5.82 Å². The molecule has 0 radical (unpaired) electrons. The highest BCUT2D eigenvalue weighted by molar-refractivity contribution is 5.88. The van der Waals surface area contributed by atoms with Crippen LogP contribution < -0.4 is 10.1 Å². The van der Waals surface area contributed by atoms with Crippen LogP contribution in [0.2, 0.25) is 0 Å². The molecule has 2 heterocycles. The second kappa shape index (κ2) is 9.21. The topological polar surface area (TPSA) is 88.7 Å². The monoisotopic (exact) mass is 410 g/mol. The second-order valence-corrected chi connectivity index (χ2v) is 6.65. The molecule has 2 N–H and O–H groups in total. The summed E-state index contributed by atoms with van der Waals surface area (Å²) in [6, 6.07) is 11.1. The molecule has 0 bridgehead atoms. The van der Waals surface area contributed by atoms with Crippen LogP contribution in [0.5, 0.6) is 11.5 Å². The van der Waals surface area contributed by atoms with Gasteiger partial charge in [-0.25, -0.2) is 4.39 Å². The Kier molecular flexibility index (Phi) is 6.46. The van der Waals surface area contributed by atoms with Crippen molar-refractivity contribution in [1.82, 2.24) is 9.78 Å². The number of fused-ring (bicyclic) bond motifs is 2. The van der Waals surface area contributed by atoms with E-state index < -0.39 is 5.82 Å². The molecule has 0 saturated carbocycles. The molecule has 8 heteroatoms. The number of halogens is 1. The Hall–Kier alpha value is -3.68. The zero-order valence-corrected chi connectivity index (χ0v) is 17.0. The van der Waals surface area contributed by atoms with Crippen molar-refractivity contribution in [2.24, 2.45) is 4.99 Å². The summed E-state index contributed by atoms with van der Waals surface area (Å²) in [4.78, 5) is 14.8. The Labute approximate surface area is 173 Å². The highest BCUT2D eigenvalue weighted by Crippen LogP contribution is 2.32. The summed E-state index contributed by atoms with van der Waals surface area (Å²) in [6.45, 7) is 4.13. The molecule has 0 fully saturated rings. The van der Waals surface area contributed by atoms with Crippen molar-refractivity contribution >= 4 is 17.8 Å². The quantitative estimate of drug-likeness (QED) is 0.625. The van der Waals surface area contributed by atoms with Gasteiger partial charge in [0.1, 0.15) is 23.9 Å². The van der Waals surface area contributed by atoms with Crippen molar-refractivity contribution in [3.05, 3.63) is 59.5 Å². The van der Waals surface area contributed by atoms with Crippen molar-refractivity contribution in [2.75, 3.05) is 12.4 Å². The number of phenols is 1. The summed E-state index contributed by atoms with van der Waals surface area (Å²) in [5, 5.41) is 17.2. The molecular formula is C22H23FN4O3. The predicted molar refractivity (Wildman–Crippen MR) is 114 cm³/mol. The number of hydrogen-bond acceptors (Lipinski definition) is 5. The molecule has 30 heavy (non-hydrogen) atoms. The summed E-state index contributed by atoms with van der Waals surface area (Å²) in [6.07, 6.45) is 1.75. The van der Waals surface area contributed by atoms with E-state index in [0.717, 1.165) is 17.3 Å². The standard InChI is InChI=1S/C19H16FN3O3.C3H7N/c1-11(24)21-14-4-2-12-9-23-15(10-26-19(12)7-14)8-17(22-23)16-5-3-13(20)6-18(16)25;1-3-4-2/h2-8,25H,9-10H2,1H3,(H,21,24);3H,1-2H3. The molecule has 3 aromatic rings. The minimum Gasteiger partial charge on any atom is -0.507 e. The number of carbonyl (C=O) groups is 1. The van der Waals surface area contributed by atoms with Crippen LogP contribution >= 0.6 is 0 Å². The lowest BCUT2D eigenvalue weighted by atomic mass is 10.1. The van der Waals surface area contributed by atoms with Gasteiger partial charge in [-0.15, -0.1) is 0 Å². The number of phenolic OH excluding ortho intramolecular Hbond substituents is 1. The molecule has 0 aliphatic carbocycles. The second-order valence-electron chi connectivity index (χ2n) is 6.65. The molecule has 0 atom stereocenters. The van der Waals surface area contributed by atoms with Gasteiger partial charge in [-0.3, -0.25) is 9.48 Å². The first-order chi connectivity index (χ1) is 14.4. The minimum atomic E-state index is -0.501. The Bertz CT molecular complexity index is 1090. The fraction of sp³-hybridized carbons (Fsp3) is 0.227. The molecule has 1 aliphatic heterocycles. The first-order valence-corrected chi connectivity index (χ1v) is 9.37. The average molecular weight is 410 g/mol. The Balaban J connectivity index is 0.000000589. The summed E-state index contributed by atoms with van der Waals surface area (Å²) in [5.41, 5.74) is 3.46. The highest BCUT2D eigenvalue weighted by atomic mass is 19.1. The minimum absolute atomic E-state index is 0.143. The van der Waals surface area contributed by atoms with Crippen molar-refractivity contribution < 1.29 is 19.0 Å². The van der Waals surface area contributed by atoms with E-state index in [0.29, 0.717) is 35.8 Å². The van der Waals surface area contributed by atoms with Gasteiger partial charge in [0.15, 0.2) is 0 Å². The molecule has 1 aliphatic rings. The Morgan fingerprint density at radius 2 is 2.07 bits per heavy atom. The zero-order chi connectivity index (χ0) is 21.7. The number of aromatic hydroxyl groups is 1. The predicted octanol–water partition coefficient (Wildman–Crippen LogP) is 4.00. The largest absolute Gasteiger partial charge is 0.507 e. The van der Waals surface area contributed by atoms with Crippen LogP contribution in [-0.2, 0) is 17.9 Å². The Morgan fingerprint density at radius 3 is 2.73 bits per heavy atom. The highest BCUT2D eigenvalue weighted by Gasteiger charge is 2.19. The first-order valence-electron chi connectivity index (χ1n) is 9.37. The molecular weight excluding hydrogens is 387 g/mol. The number of nitrogens with one attached hydrogen (secondary N) is 1. The number of rotatable bonds is 2. The van der Waals surface area contributed by atoms with Gasteiger partial charge in [0.05, 0.1) is 17.9 Å². The maximum atomic E-state index is 13.2. The van der Waals surface area contributed by atoms with Crippen LogP contribution in [0.3, 0.4) is 0 Å². The molecule has 156 valence electrons. The van der Waals surface area contributed by atoms with E-state index in [-0.39, 0.29) is 11.7 Å². The van der Waals surface area contributed by atoms with Gasteiger partial charge in [0, 0.05) is 42.9 Å². The van der Waals surface area contributed by atoms with Crippen LogP contribution in [0.1, 0.15) is 25.1 Å². The molecule has 0 saturated heterocycles. The number of nitrogens with zero attached hydrogens (tertiary/aromatic N) is 3. The maximum absolute atomic E-state index is 13.2. The third-order valence-electron chi connectivity index (χ3n) is 4.44. The smallest absolute Gasteiger partial charge is 0.221 e. The van der Waals surface area contributed by atoms with Gasteiger partial charge in [0.2, 0.25) is 5.91 Å². The molecule has 4 rings (SSSR count). The first kappa shape index (κ1) is 21.0. The molecule has 1 amide bonds. The number of benzene rings is 2. The van der Waals surface area contributed by atoms with Crippen molar-refractivity contribution in [3.63, 3.8) is 0 Å². The van der Waals surface area contributed by atoms with Crippen molar-refractivity contribution in [1.29, 1.82) is 0 Å². The third-order valence-corrected chi connectivity index (χ3v) is 4.44. The van der Waals surface area contributed by atoms with E-state index in [1.165, 1.54) is 19.1 Å². The normalized spacial score (nSPS) is 12.1. The fourth-order valence-corrected chi connectivity index (χ4v) is 2.98. The van der Waals surface area contributed by atoms with Crippen LogP contribution in [-0.4, -0.2) is 34.1 Å². The van der Waals surface area contributed by atoms with Gasteiger partial charge in [-0.1, -0.05) is 6.07 Å². The van der Waals surface area contributed by atoms with E-state index in [1.54, 1.807) is 24.0 Å². The number of carbonyl (C=O) groups excluding carboxylic acids is 1. The number of aliphatic imine (C=N–C) groups is 1. The number of aromatic nitrogens is 2. The summed E-state index contributed by atoms with van der Waals surface area (Å²) < 4.78 is 20.8. The number of amides is 1. The fourth-order valence-electron chi connectivity index (χ4n) is 2.98. The van der Waals surface area contributed by atoms with E-state index >= 15 is 0 Å². The lowest BCUT2D eigenvalue weighted by molar-refractivity contribution is -0.114. The maximum Gasteiger partial charge on any atom is 0.221 e. The van der Waals surface area contributed by atoms with Gasteiger partial charge in [-0.2, -0.15) is 5.10 Å². The lowest BCUT2D eigenvalue weighted by Crippen LogP contribution is -2.06. The number of hydrogen-bond donors (Lipinski definition) is 2. The van der Waals surface area contributed by atoms with Crippen molar-refractivity contribution in [2.45, 2.75) is 27.0 Å². The average Bonchev–Trinajstić information content (AvgIpc) is 3.02. The molecule has 1 aromatic heterocycles. The molecule has 2 aromatic carbocycles. The Morgan fingerprint density at radius 1 is 1.30 bits per heavy atom. The third kappa shape index (κ3) is 4.83. The summed E-state index contributed by atoms with van der Waals surface area (Å²) in [7, 11) is 1.75. The van der Waals surface area contributed by atoms with Gasteiger partial charge in [-0.05, 0) is 37.4 Å². The van der Waals surface area contributed by atoms with Crippen LogP contribution in [0.4, 0.5) is 10.1 Å². The molecule has 7 nitrogen and oxygen atoms in total. The lowest BCUT2D eigenvalue weighted by Gasteiger charge is -2.09. The van der Waals surface area contributed by atoms with Crippen LogP contribution in [0.15, 0.2) is 47.5 Å². The van der Waals surface area contributed by atoms with Gasteiger partial charge < -0.3 is 20.2 Å². The SMILES string of the molecule is CC(=O)Nc1ccc2c(c1)OCc1cc(-c3ccc(F)cc3O)nn1C2.CC=NC. The molecule has 0 spiro atoms. The van der Waals surface area contributed by atoms with E-state index in [4.69, 9.17) is 4.74 Å². The van der Waals surface area contributed by atoms with E-state index in [9.17, 15) is 14.3 Å². The zero-order valence-electron chi connectivity index (χ0n) is 17.0. The number of ether oxygens (including phenoxy) is 1. The van der Waals surface area contributed by atoms with Crippen molar-refractivity contribution in [3.8, 4) is 22.8 Å². The number of anilines is 1. The van der Waals surface area contributed by atoms with Gasteiger partial charge in [0.25, 0.3) is 0 Å². The van der Waals surface area contributed by atoms with E-state index in [1.807, 2.05) is 25.1 Å². The van der Waals surface area contributed by atoms with Crippen LogP contribution in [0.25, 0.3) is 11.3 Å².